The molecule has 1 saturated heterocycles. The second kappa shape index (κ2) is 4.35. The van der Waals surface area contributed by atoms with Gasteiger partial charge in [-0.3, -0.25) is 0 Å². The van der Waals surface area contributed by atoms with E-state index in [-0.39, 0.29) is 10.4 Å². The van der Waals surface area contributed by atoms with Crippen LogP contribution in [0.4, 0.5) is 0 Å². The molecule has 1 aliphatic rings. The lowest BCUT2D eigenvalue weighted by Crippen LogP contribution is -2.31. The monoisotopic (exact) mass is 271 g/mol. The predicted octanol–water partition coefficient (Wildman–Crippen LogP) is 1.48. The Morgan fingerprint density at radius 2 is 2.06 bits per heavy atom. The quantitative estimate of drug-likeness (QED) is 0.818. The highest BCUT2D eigenvalue weighted by Crippen LogP contribution is 2.35. The normalized spacial score (nSPS) is 22.6. The first-order chi connectivity index (χ1) is 8.21. The Labute approximate surface area is 109 Å². The van der Waals surface area contributed by atoms with E-state index >= 15 is 0 Å². The molecule has 0 N–H and O–H groups in total. The van der Waals surface area contributed by atoms with Crippen molar-refractivity contribution in [3.63, 3.8) is 0 Å². The molecule has 0 aliphatic carbocycles. The molecule has 5 nitrogen and oxygen atoms in total. The maximum absolute atomic E-state index is 12.4. The Kier molecular flexibility index (Phi) is 3.27. The van der Waals surface area contributed by atoms with Crippen molar-refractivity contribution in [3.05, 3.63) is 12.5 Å². The number of aromatic nitrogens is 2. The lowest BCUT2D eigenvalue weighted by Gasteiger charge is -2.26. The van der Waals surface area contributed by atoms with Gasteiger partial charge >= 0.3 is 0 Å². The number of sulfonamides is 1. The highest BCUT2D eigenvalue weighted by Gasteiger charge is 2.38. The van der Waals surface area contributed by atoms with Gasteiger partial charge in [-0.05, 0) is 17.8 Å². The second-order valence-electron chi connectivity index (χ2n) is 6.09. The molecule has 1 aromatic rings. The van der Waals surface area contributed by atoms with Crippen LogP contribution in [0.5, 0.6) is 0 Å². The fraction of sp³-hybridized carbons (Fsp3) is 0.750. The number of hydrogen-bond donors (Lipinski definition) is 0. The molecule has 6 heteroatoms. The number of hydrogen-bond acceptors (Lipinski definition) is 3. The van der Waals surface area contributed by atoms with Crippen LogP contribution in [-0.2, 0) is 17.1 Å². The van der Waals surface area contributed by atoms with Gasteiger partial charge in [-0.1, -0.05) is 20.8 Å². The Morgan fingerprint density at radius 3 is 2.50 bits per heavy atom. The molecule has 18 heavy (non-hydrogen) atoms. The van der Waals surface area contributed by atoms with Crippen molar-refractivity contribution in [1.82, 2.24) is 13.9 Å². The van der Waals surface area contributed by atoms with Crippen LogP contribution in [0.25, 0.3) is 0 Å². The predicted molar refractivity (Wildman–Crippen MR) is 69.5 cm³/mol. The van der Waals surface area contributed by atoms with Gasteiger partial charge in [-0.2, -0.15) is 4.31 Å². The maximum Gasteiger partial charge on any atom is 0.262 e. The van der Waals surface area contributed by atoms with Gasteiger partial charge in [0.2, 0.25) is 0 Å². The summed E-state index contributed by atoms with van der Waals surface area (Å²) < 4.78 is 28.0. The molecule has 0 amide bonds. The summed E-state index contributed by atoms with van der Waals surface area (Å²) in [5.41, 5.74) is 0.147. The van der Waals surface area contributed by atoms with E-state index < -0.39 is 10.0 Å². The summed E-state index contributed by atoms with van der Waals surface area (Å²) in [6.45, 7) is 7.68. The van der Waals surface area contributed by atoms with Crippen LogP contribution in [-0.4, -0.2) is 35.4 Å². The minimum atomic E-state index is -3.41. The highest BCUT2D eigenvalue weighted by atomic mass is 32.2. The molecular weight excluding hydrogens is 250 g/mol. The molecule has 2 heterocycles. The number of nitrogens with zero attached hydrogens (tertiary/aromatic N) is 3. The molecule has 0 saturated carbocycles. The van der Waals surface area contributed by atoms with Gasteiger partial charge in [0.05, 0.1) is 6.33 Å². The molecule has 1 fully saturated rings. The topological polar surface area (TPSA) is 55.2 Å². The molecule has 0 bridgehead atoms. The SMILES string of the molecule is Cn1cnc(S(=O)(=O)N2CCC(C(C)(C)C)C2)c1. The minimum absolute atomic E-state index is 0.147. The van der Waals surface area contributed by atoms with Crippen LogP contribution in [0.15, 0.2) is 17.6 Å². The zero-order valence-corrected chi connectivity index (χ0v) is 12.2. The third kappa shape index (κ3) is 2.44. The van der Waals surface area contributed by atoms with E-state index in [4.69, 9.17) is 0 Å². The molecule has 1 atom stereocenters. The first-order valence-corrected chi connectivity index (χ1v) is 7.63. The molecule has 102 valence electrons. The average molecular weight is 271 g/mol. The van der Waals surface area contributed by atoms with Crippen molar-refractivity contribution < 1.29 is 8.42 Å². The minimum Gasteiger partial charge on any atom is -0.339 e. The van der Waals surface area contributed by atoms with Crippen LogP contribution in [0.1, 0.15) is 27.2 Å². The fourth-order valence-corrected chi connectivity index (χ4v) is 3.77. The van der Waals surface area contributed by atoms with Gasteiger partial charge < -0.3 is 4.57 Å². The van der Waals surface area contributed by atoms with Crippen molar-refractivity contribution in [2.75, 3.05) is 13.1 Å². The van der Waals surface area contributed by atoms with Crippen LogP contribution >= 0.6 is 0 Å². The zero-order chi connectivity index (χ0) is 13.6. The molecule has 1 unspecified atom stereocenters. The standard InChI is InChI=1S/C12H21N3O2S/c1-12(2,3)10-5-6-15(7-10)18(16,17)11-8-14(4)9-13-11/h8-10H,5-7H2,1-4H3. The van der Waals surface area contributed by atoms with Crippen LogP contribution in [0.3, 0.4) is 0 Å². The molecular formula is C12H21N3O2S. The molecule has 2 rings (SSSR count). The number of aryl methyl sites for hydroxylation is 1. The van der Waals surface area contributed by atoms with E-state index in [1.54, 1.807) is 22.1 Å². The first kappa shape index (κ1) is 13.5. The van der Waals surface area contributed by atoms with Crippen LogP contribution < -0.4 is 0 Å². The zero-order valence-electron chi connectivity index (χ0n) is 11.4. The van der Waals surface area contributed by atoms with Crippen LogP contribution in [0.2, 0.25) is 0 Å². The van der Waals surface area contributed by atoms with Crippen molar-refractivity contribution in [1.29, 1.82) is 0 Å². The fourth-order valence-electron chi connectivity index (χ4n) is 2.31. The smallest absolute Gasteiger partial charge is 0.262 e. The van der Waals surface area contributed by atoms with Gasteiger partial charge in [0.15, 0.2) is 5.03 Å². The molecule has 0 spiro atoms. The largest absolute Gasteiger partial charge is 0.339 e. The third-order valence-corrected chi connectivity index (χ3v) is 5.41. The summed E-state index contributed by atoms with van der Waals surface area (Å²) >= 11 is 0. The van der Waals surface area contributed by atoms with Gasteiger partial charge in [0.25, 0.3) is 10.0 Å². The highest BCUT2D eigenvalue weighted by molar-refractivity contribution is 7.89. The van der Waals surface area contributed by atoms with Crippen molar-refractivity contribution in [2.24, 2.45) is 18.4 Å². The van der Waals surface area contributed by atoms with E-state index in [1.165, 1.54) is 6.33 Å². The Hall–Kier alpha value is -0.880. The van der Waals surface area contributed by atoms with Crippen LogP contribution in [0, 0.1) is 11.3 Å². The Bertz CT molecular complexity index is 528. The van der Waals surface area contributed by atoms with E-state index in [1.807, 2.05) is 0 Å². The lowest BCUT2D eigenvalue weighted by molar-refractivity contribution is 0.252. The van der Waals surface area contributed by atoms with Crippen molar-refractivity contribution in [2.45, 2.75) is 32.2 Å². The lowest BCUT2D eigenvalue weighted by atomic mass is 9.80. The maximum atomic E-state index is 12.4. The van der Waals surface area contributed by atoms with Gasteiger partial charge in [0, 0.05) is 26.3 Å². The second-order valence-corrected chi connectivity index (χ2v) is 7.98. The molecule has 1 aliphatic heterocycles. The first-order valence-electron chi connectivity index (χ1n) is 6.19. The summed E-state index contributed by atoms with van der Waals surface area (Å²) in [6.07, 6.45) is 4.00. The average Bonchev–Trinajstić information content (AvgIpc) is 2.83. The molecule has 0 radical (unpaired) electrons. The number of imidazole rings is 1. The summed E-state index contributed by atoms with van der Waals surface area (Å²) in [6, 6.07) is 0. The van der Waals surface area contributed by atoms with Crippen molar-refractivity contribution >= 4 is 10.0 Å². The van der Waals surface area contributed by atoms with E-state index in [0.29, 0.717) is 19.0 Å². The van der Waals surface area contributed by atoms with Gasteiger partial charge in [0.1, 0.15) is 0 Å². The summed E-state index contributed by atoms with van der Waals surface area (Å²) in [5, 5.41) is 0.152. The van der Waals surface area contributed by atoms with Gasteiger partial charge in [-0.25, -0.2) is 13.4 Å². The Balaban J connectivity index is 2.19. The molecule has 1 aromatic heterocycles. The van der Waals surface area contributed by atoms with Crippen molar-refractivity contribution in [3.8, 4) is 0 Å². The summed E-state index contributed by atoms with van der Waals surface area (Å²) in [5.74, 6) is 0.413. The van der Waals surface area contributed by atoms with E-state index in [0.717, 1.165) is 6.42 Å². The third-order valence-electron chi connectivity index (χ3n) is 3.66. The summed E-state index contributed by atoms with van der Waals surface area (Å²) in [7, 11) is -1.64. The van der Waals surface area contributed by atoms with E-state index in [9.17, 15) is 8.42 Å². The number of rotatable bonds is 2. The Morgan fingerprint density at radius 1 is 1.39 bits per heavy atom. The molecule has 0 aromatic carbocycles. The van der Waals surface area contributed by atoms with Gasteiger partial charge in [-0.15, -0.1) is 0 Å². The van der Waals surface area contributed by atoms with E-state index in [2.05, 4.69) is 25.8 Å². The summed E-state index contributed by atoms with van der Waals surface area (Å²) in [4.78, 5) is 3.95.